The van der Waals surface area contributed by atoms with Gasteiger partial charge in [-0.15, -0.1) is 0 Å². The fourth-order valence-electron chi connectivity index (χ4n) is 2.72. The van der Waals surface area contributed by atoms with Gasteiger partial charge in [0.15, 0.2) is 0 Å². The topological polar surface area (TPSA) is 58.2 Å². The summed E-state index contributed by atoms with van der Waals surface area (Å²) in [6.45, 7) is 7.56. The molecular formula is C22H27F3N2O2S. The summed E-state index contributed by atoms with van der Waals surface area (Å²) in [6, 6.07) is 9.07. The molecule has 2 N–H and O–H groups in total. The van der Waals surface area contributed by atoms with Crippen molar-refractivity contribution in [1.29, 1.82) is 0 Å². The van der Waals surface area contributed by atoms with Gasteiger partial charge in [-0.1, -0.05) is 32.0 Å². The highest BCUT2D eigenvalue weighted by Gasteiger charge is 2.30. The average Bonchev–Trinajstić information content (AvgIpc) is 2.69. The summed E-state index contributed by atoms with van der Waals surface area (Å²) in [4.78, 5) is 25.4. The van der Waals surface area contributed by atoms with Gasteiger partial charge in [0.05, 0.1) is 16.7 Å². The first-order valence-electron chi connectivity index (χ1n) is 9.51. The number of hydrogen-bond donors (Lipinski definition) is 2. The Morgan fingerprint density at radius 3 is 2.30 bits per heavy atom. The molecule has 0 aromatic heterocycles. The number of aryl methyl sites for hydroxylation is 1. The van der Waals surface area contributed by atoms with Crippen LogP contribution in [0.25, 0.3) is 0 Å². The van der Waals surface area contributed by atoms with E-state index in [9.17, 15) is 22.8 Å². The van der Waals surface area contributed by atoms with Crippen molar-refractivity contribution in [2.24, 2.45) is 0 Å². The maximum atomic E-state index is 12.9. The van der Waals surface area contributed by atoms with Crippen molar-refractivity contribution in [3.8, 4) is 0 Å². The third-order valence-electron chi connectivity index (χ3n) is 3.99. The minimum Gasteiger partial charge on any atom is -0.349 e. The molecule has 1 unspecified atom stereocenters. The second-order valence-corrected chi connectivity index (χ2v) is 7.27. The van der Waals surface area contributed by atoms with Gasteiger partial charge < -0.3 is 10.6 Å². The second kappa shape index (κ2) is 11.6. The van der Waals surface area contributed by atoms with Crippen LogP contribution in [0.1, 0.15) is 52.6 Å². The highest BCUT2D eigenvalue weighted by molar-refractivity contribution is 7.98. The molecule has 0 spiro atoms. The number of carbonyl (C=O) groups excluding carboxylic acids is 2. The molecule has 2 aromatic carbocycles. The fraction of sp³-hybridized carbons (Fsp3) is 0.364. The first-order valence-corrected chi connectivity index (χ1v) is 10.9. The minimum atomic E-state index is -4.51. The third-order valence-corrected chi connectivity index (χ3v) is 4.82. The van der Waals surface area contributed by atoms with Crippen molar-refractivity contribution in [1.82, 2.24) is 5.32 Å². The van der Waals surface area contributed by atoms with Crippen LogP contribution in [-0.2, 0) is 6.18 Å². The van der Waals surface area contributed by atoms with Gasteiger partial charge in [-0.25, -0.2) is 0 Å². The standard InChI is InChI=1S/C20H21F3N2O2S.C2H6/c1-12-6-4-9-16(17(12)19(27)24-13(2)11-28-3)18(26)25-15-8-5-7-14(10-15)20(21,22)23;1-2/h4-10,13H,11H2,1-3H3,(H,24,27)(H,25,26);1-2H3. The Labute approximate surface area is 179 Å². The zero-order valence-electron chi connectivity index (χ0n) is 17.7. The lowest BCUT2D eigenvalue weighted by molar-refractivity contribution is -0.137. The monoisotopic (exact) mass is 440 g/mol. The van der Waals surface area contributed by atoms with E-state index in [1.807, 2.05) is 27.0 Å². The Morgan fingerprint density at radius 1 is 1.07 bits per heavy atom. The van der Waals surface area contributed by atoms with Gasteiger partial charge in [-0.05, 0) is 49.9 Å². The van der Waals surface area contributed by atoms with Crippen LogP contribution in [0, 0.1) is 6.92 Å². The summed E-state index contributed by atoms with van der Waals surface area (Å²) in [5, 5.41) is 5.29. The molecule has 4 nitrogen and oxygen atoms in total. The van der Waals surface area contributed by atoms with Crippen molar-refractivity contribution >= 4 is 29.3 Å². The lowest BCUT2D eigenvalue weighted by Gasteiger charge is -2.17. The maximum absolute atomic E-state index is 12.9. The zero-order valence-corrected chi connectivity index (χ0v) is 18.5. The molecule has 2 rings (SSSR count). The van der Waals surface area contributed by atoms with Gasteiger partial charge in [0, 0.05) is 17.5 Å². The van der Waals surface area contributed by atoms with Crippen molar-refractivity contribution < 1.29 is 22.8 Å². The van der Waals surface area contributed by atoms with Crippen LogP contribution in [0.3, 0.4) is 0 Å². The van der Waals surface area contributed by atoms with E-state index in [0.717, 1.165) is 12.1 Å². The van der Waals surface area contributed by atoms with Gasteiger partial charge >= 0.3 is 6.18 Å². The predicted octanol–water partition coefficient (Wildman–Crippen LogP) is 5.77. The summed E-state index contributed by atoms with van der Waals surface area (Å²) >= 11 is 1.58. The van der Waals surface area contributed by atoms with E-state index >= 15 is 0 Å². The second-order valence-electron chi connectivity index (χ2n) is 6.36. The predicted molar refractivity (Wildman–Crippen MR) is 117 cm³/mol. The quantitative estimate of drug-likeness (QED) is 0.599. The van der Waals surface area contributed by atoms with E-state index in [1.165, 1.54) is 18.2 Å². The zero-order chi connectivity index (χ0) is 22.9. The molecule has 0 radical (unpaired) electrons. The summed E-state index contributed by atoms with van der Waals surface area (Å²) in [7, 11) is 0. The van der Waals surface area contributed by atoms with Gasteiger partial charge in [0.1, 0.15) is 0 Å². The van der Waals surface area contributed by atoms with E-state index in [1.54, 1.807) is 30.8 Å². The van der Waals surface area contributed by atoms with Gasteiger partial charge in [-0.2, -0.15) is 24.9 Å². The highest BCUT2D eigenvalue weighted by atomic mass is 32.2. The number of halogens is 3. The van der Waals surface area contributed by atoms with Crippen LogP contribution >= 0.6 is 11.8 Å². The average molecular weight is 441 g/mol. The summed E-state index contributed by atoms with van der Waals surface area (Å²) in [6.07, 6.45) is -2.59. The number of nitrogens with one attached hydrogen (secondary N) is 2. The molecule has 0 aliphatic heterocycles. The van der Waals surface area contributed by atoms with Crippen LogP contribution in [0.5, 0.6) is 0 Å². The van der Waals surface area contributed by atoms with Crippen LogP contribution < -0.4 is 10.6 Å². The van der Waals surface area contributed by atoms with Crippen LogP contribution in [-0.4, -0.2) is 29.9 Å². The SMILES string of the molecule is CC.CSCC(C)NC(=O)c1c(C)cccc1C(=O)Nc1cccc(C(F)(F)F)c1. The first kappa shape index (κ1) is 25.6. The number of carbonyl (C=O) groups is 2. The Morgan fingerprint density at radius 2 is 1.70 bits per heavy atom. The number of anilines is 1. The molecule has 2 aromatic rings. The van der Waals surface area contributed by atoms with Crippen LogP contribution in [0.2, 0.25) is 0 Å². The Kier molecular flexibility index (Phi) is 9.92. The number of thioether (sulfide) groups is 1. The summed E-state index contributed by atoms with van der Waals surface area (Å²) in [5.41, 5.74) is 0.0542. The number of alkyl halides is 3. The van der Waals surface area contributed by atoms with E-state index in [2.05, 4.69) is 10.6 Å². The number of benzene rings is 2. The molecule has 0 saturated carbocycles. The largest absolute Gasteiger partial charge is 0.416 e. The fourth-order valence-corrected chi connectivity index (χ4v) is 3.30. The molecule has 164 valence electrons. The van der Waals surface area contributed by atoms with Crippen molar-refractivity contribution in [3.63, 3.8) is 0 Å². The third kappa shape index (κ3) is 7.09. The van der Waals surface area contributed by atoms with Crippen molar-refractivity contribution in [3.05, 3.63) is 64.7 Å². The number of rotatable bonds is 6. The molecular weight excluding hydrogens is 413 g/mol. The molecule has 2 amide bonds. The number of amides is 2. The van der Waals surface area contributed by atoms with Crippen molar-refractivity contribution in [2.45, 2.75) is 39.9 Å². The Hall–Kier alpha value is -2.48. The van der Waals surface area contributed by atoms with Crippen molar-refractivity contribution in [2.75, 3.05) is 17.3 Å². The molecule has 0 bridgehead atoms. The minimum absolute atomic E-state index is 0.00319. The molecule has 0 saturated heterocycles. The van der Waals surface area contributed by atoms with Crippen LogP contribution in [0.15, 0.2) is 42.5 Å². The normalized spacial score (nSPS) is 11.7. The van der Waals surface area contributed by atoms with Gasteiger partial charge in [-0.3, -0.25) is 9.59 Å². The molecule has 0 fully saturated rings. The van der Waals surface area contributed by atoms with E-state index < -0.39 is 23.6 Å². The Balaban J connectivity index is 0.00000218. The lowest BCUT2D eigenvalue weighted by atomic mass is 10.00. The molecule has 0 aliphatic carbocycles. The first-order chi connectivity index (χ1) is 14.1. The summed E-state index contributed by atoms with van der Waals surface area (Å²) < 4.78 is 38.6. The molecule has 0 heterocycles. The molecule has 30 heavy (non-hydrogen) atoms. The number of hydrogen-bond acceptors (Lipinski definition) is 3. The summed E-state index contributed by atoms with van der Waals surface area (Å²) in [5.74, 6) is -0.330. The van der Waals surface area contributed by atoms with Gasteiger partial charge in [0.25, 0.3) is 11.8 Å². The van der Waals surface area contributed by atoms with E-state index in [0.29, 0.717) is 11.3 Å². The molecule has 8 heteroatoms. The molecule has 1 atom stereocenters. The van der Waals surface area contributed by atoms with E-state index in [4.69, 9.17) is 0 Å². The van der Waals surface area contributed by atoms with E-state index in [-0.39, 0.29) is 22.9 Å². The lowest BCUT2D eigenvalue weighted by Crippen LogP contribution is -2.36. The smallest absolute Gasteiger partial charge is 0.349 e. The van der Waals surface area contributed by atoms with Gasteiger partial charge in [0.2, 0.25) is 0 Å². The highest BCUT2D eigenvalue weighted by Crippen LogP contribution is 2.30. The maximum Gasteiger partial charge on any atom is 0.416 e. The molecule has 0 aliphatic rings. The Bertz CT molecular complexity index is 870. The van der Waals surface area contributed by atoms with Crippen LogP contribution in [0.4, 0.5) is 18.9 Å².